The fourth-order valence-electron chi connectivity index (χ4n) is 3.33. The second kappa shape index (κ2) is 9.59. The topological polar surface area (TPSA) is 28.2 Å². The van der Waals surface area contributed by atoms with Crippen LogP contribution in [0.3, 0.4) is 0 Å². The van der Waals surface area contributed by atoms with Crippen LogP contribution in [0.4, 0.5) is 18.9 Å². The first-order valence-corrected chi connectivity index (χ1v) is 10.1. The van der Waals surface area contributed by atoms with E-state index in [2.05, 4.69) is 22.5 Å². The van der Waals surface area contributed by atoms with Crippen LogP contribution in [0, 0.1) is 5.92 Å². The first-order chi connectivity index (χ1) is 13.8. The van der Waals surface area contributed by atoms with Gasteiger partial charge in [0.2, 0.25) is 0 Å². The second-order valence-corrected chi connectivity index (χ2v) is 7.83. The van der Waals surface area contributed by atoms with Gasteiger partial charge in [-0.1, -0.05) is 29.8 Å². The molecule has 1 heterocycles. The van der Waals surface area contributed by atoms with Crippen molar-refractivity contribution in [1.29, 1.82) is 0 Å². The first-order valence-electron chi connectivity index (χ1n) is 9.29. The van der Waals surface area contributed by atoms with Crippen molar-refractivity contribution in [3.05, 3.63) is 71.0 Å². The molecule has 0 saturated heterocycles. The lowest BCUT2D eigenvalue weighted by Crippen LogP contribution is -2.38. The molecule has 1 unspecified atom stereocenters. The van der Waals surface area contributed by atoms with Crippen LogP contribution in [-0.2, 0) is 12.7 Å². The van der Waals surface area contributed by atoms with E-state index in [1.807, 2.05) is 17.0 Å². The zero-order chi connectivity index (χ0) is 20.9. The van der Waals surface area contributed by atoms with E-state index in [-0.39, 0.29) is 15.8 Å². The molecule has 0 fully saturated rings. The fourth-order valence-corrected chi connectivity index (χ4v) is 3.75. The van der Waals surface area contributed by atoms with Crippen LogP contribution in [0.25, 0.3) is 0 Å². The second-order valence-electron chi connectivity index (χ2n) is 7.01. The Morgan fingerprint density at radius 3 is 2.76 bits per heavy atom. The number of halogens is 4. The summed E-state index contributed by atoms with van der Waals surface area (Å²) in [5, 5.41) is 3.22. The van der Waals surface area contributed by atoms with E-state index in [0.717, 1.165) is 30.9 Å². The number of alkyl halides is 3. The molecule has 1 atom stereocenters. The number of nitrogens with one attached hydrogen (secondary N) is 1. The van der Waals surface area contributed by atoms with Crippen LogP contribution in [0.1, 0.15) is 30.4 Å². The Labute approximate surface area is 178 Å². The molecule has 8 heteroatoms. The summed E-state index contributed by atoms with van der Waals surface area (Å²) >= 11 is 11.5. The van der Waals surface area contributed by atoms with Gasteiger partial charge in [0.15, 0.2) is 5.11 Å². The predicted octanol–water partition coefficient (Wildman–Crippen LogP) is 6.31. The van der Waals surface area contributed by atoms with E-state index in [0.29, 0.717) is 19.0 Å². The Hall–Kier alpha value is -2.12. The minimum atomic E-state index is -4.51. The monoisotopic (exact) mass is 439 g/mol. The molecule has 2 aromatic rings. The van der Waals surface area contributed by atoms with E-state index < -0.39 is 11.7 Å². The van der Waals surface area contributed by atoms with Gasteiger partial charge in [0, 0.05) is 30.5 Å². The minimum Gasteiger partial charge on any atom is -0.344 e. The zero-order valence-corrected chi connectivity index (χ0v) is 17.2. The Kier molecular flexibility index (Phi) is 7.14. The quantitative estimate of drug-likeness (QED) is 0.436. The average molecular weight is 440 g/mol. The van der Waals surface area contributed by atoms with Crippen LogP contribution in [-0.4, -0.2) is 21.5 Å². The lowest BCUT2D eigenvalue weighted by atomic mass is 9.94. The number of thiocarbonyl (C=S) groups is 1. The molecule has 3 nitrogen and oxygen atoms in total. The molecule has 1 N–H and O–H groups in total. The Balaban J connectivity index is 1.82. The SMILES string of the molecule is FC(F)(F)c1ccc(Cl)cc1NC(=S)N(Cc1cccnc1)CC1CC=CCC1. The summed E-state index contributed by atoms with van der Waals surface area (Å²) in [5.74, 6) is 0.387. The lowest BCUT2D eigenvalue weighted by Gasteiger charge is -2.31. The molecule has 0 aliphatic heterocycles. The van der Waals surface area contributed by atoms with Crippen LogP contribution in [0.5, 0.6) is 0 Å². The molecule has 1 aromatic carbocycles. The molecule has 0 amide bonds. The van der Waals surface area contributed by atoms with Crippen molar-refractivity contribution >= 4 is 34.6 Å². The highest BCUT2D eigenvalue weighted by Gasteiger charge is 2.34. The van der Waals surface area contributed by atoms with E-state index in [9.17, 15) is 13.2 Å². The molecule has 1 aliphatic carbocycles. The minimum absolute atomic E-state index is 0.144. The molecule has 3 rings (SSSR count). The van der Waals surface area contributed by atoms with Crippen molar-refractivity contribution in [2.24, 2.45) is 5.92 Å². The standard InChI is InChI=1S/C21H21ClF3N3S/c22-17-8-9-18(21(23,24)25)19(11-17)27-20(29)28(13-15-5-2-1-3-6-15)14-16-7-4-10-26-12-16/h1-2,4,7-12,15H,3,5-6,13-14H2,(H,27,29). The lowest BCUT2D eigenvalue weighted by molar-refractivity contribution is -0.136. The van der Waals surface area contributed by atoms with Gasteiger partial charge in [-0.25, -0.2) is 0 Å². The summed E-state index contributed by atoms with van der Waals surface area (Å²) in [6.07, 6.45) is 6.15. The number of pyridine rings is 1. The van der Waals surface area contributed by atoms with Gasteiger partial charge in [-0.05, 0) is 67.2 Å². The number of rotatable bonds is 5. The highest BCUT2D eigenvalue weighted by atomic mass is 35.5. The van der Waals surface area contributed by atoms with Gasteiger partial charge in [-0.15, -0.1) is 0 Å². The number of nitrogens with zero attached hydrogens (tertiary/aromatic N) is 2. The molecule has 1 aliphatic rings. The summed E-state index contributed by atoms with van der Waals surface area (Å²) in [6.45, 7) is 1.11. The average Bonchev–Trinajstić information content (AvgIpc) is 2.68. The van der Waals surface area contributed by atoms with Crippen molar-refractivity contribution in [2.45, 2.75) is 32.0 Å². The van der Waals surface area contributed by atoms with Crippen LogP contribution in [0.2, 0.25) is 5.02 Å². The van der Waals surface area contributed by atoms with E-state index in [1.54, 1.807) is 12.4 Å². The third-order valence-electron chi connectivity index (χ3n) is 4.77. The van der Waals surface area contributed by atoms with E-state index >= 15 is 0 Å². The number of aromatic nitrogens is 1. The first kappa shape index (κ1) is 21.6. The molecule has 0 saturated carbocycles. The normalized spacial score (nSPS) is 16.5. The molecule has 0 spiro atoms. The summed E-state index contributed by atoms with van der Waals surface area (Å²) in [4.78, 5) is 6.02. The van der Waals surface area contributed by atoms with Crippen LogP contribution in [0.15, 0.2) is 54.9 Å². The smallest absolute Gasteiger partial charge is 0.344 e. The largest absolute Gasteiger partial charge is 0.418 e. The number of anilines is 1. The van der Waals surface area contributed by atoms with Crippen molar-refractivity contribution in [3.63, 3.8) is 0 Å². The van der Waals surface area contributed by atoms with Gasteiger partial charge in [-0.3, -0.25) is 4.98 Å². The highest BCUT2D eigenvalue weighted by molar-refractivity contribution is 7.80. The van der Waals surface area contributed by atoms with Gasteiger partial charge >= 0.3 is 6.18 Å². The van der Waals surface area contributed by atoms with E-state index in [1.165, 1.54) is 12.1 Å². The van der Waals surface area contributed by atoms with Crippen LogP contribution >= 0.6 is 23.8 Å². The number of hydrogen-bond donors (Lipinski definition) is 1. The van der Waals surface area contributed by atoms with Gasteiger partial charge in [0.25, 0.3) is 0 Å². The maximum absolute atomic E-state index is 13.4. The summed E-state index contributed by atoms with van der Waals surface area (Å²) in [7, 11) is 0. The van der Waals surface area contributed by atoms with E-state index in [4.69, 9.17) is 23.8 Å². The summed E-state index contributed by atoms with van der Waals surface area (Å²) < 4.78 is 40.2. The van der Waals surface area contributed by atoms with Crippen molar-refractivity contribution in [1.82, 2.24) is 9.88 Å². The highest BCUT2D eigenvalue weighted by Crippen LogP contribution is 2.36. The Bertz CT molecular complexity index is 871. The van der Waals surface area contributed by atoms with Crippen molar-refractivity contribution < 1.29 is 13.2 Å². The fraction of sp³-hybridized carbons (Fsp3) is 0.333. The number of allylic oxidation sites excluding steroid dienone is 2. The van der Waals surface area contributed by atoms with Gasteiger partial charge in [0.05, 0.1) is 11.3 Å². The van der Waals surface area contributed by atoms with Gasteiger partial charge < -0.3 is 10.2 Å². The van der Waals surface area contributed by atoms with Crippen LogP contribution < -0.4 is 5.32 Å². The van der Waals surface area contributed by atoms with Crippen molar-refractivity contribution in [3.8, 4) is 0 Å². The predicted molar refractivity (Wildman–Crippen MR) is 114 cm³/mol. The van der Waals surface area contributed by atoms with Gasteiger partial charge in [0.1, 0.15) is 0 Å². The molecular weight excluding hydrogens is 419 g/mol. The maximum atomic E-state index is 13.4. The maximum Gasteiger partial charge on any atom is 0.418 e. The zero-order valence-electron chi connectivity index (χ0n) is 15.6. The molecule has 29 heavy (non-hydrogen) atoms. The molecule has 1 aromatic heterocycles. The molecular formula is C21H21ClF3N3S. The Morgan fingerprint density at radius 1 is 1.28 bits per heavy atom. The Morgan fingerprint density at radius 2 is 2.10 bits per heavy atom. The molecule has 154 valence electrons. The third-order valence-corrected chi connectivity index (χ3v) is 5.36. The number of hydrogen-bond acceptors (Lipinski definition) is 2. The summed E-state index contributed by atoms with van der Waals surface area (Å²) in [5.41, 5.74) is -0.00829. The summed E-state index contributed by atoms with van der Waals surface area (Å²) in [6, 6.07) is 7.18. The molecule has 0 radical (unpaired) electrons. The number of benzene rings is 1. The van der Waals surface area contributed by atoms with Crippen molar-refractivity contribution in [2.75, 3.05) is 11.9 Å². The van der Waals surface area contributed by atoms with Gasteiger partial charge in [-0.2, -0.15) is 13.2 Å². The third kappa shape index (κ3) is 6.18. The molecule has 0 bridgehead atoms.